The molecule has 2 aliphatic heterocycles. The standard InChI is InChI=1S/C20H23N5O4/c21-20(6-7-20)19(27)24-9-4-14(5-10-24)25-17(3-8-22-25)23-18(26)13-1-2-15-16(11-13)29-12-28-15/h1-3,8,11,14H,4-7,9-10,12,21H2,(H,23,26). The largest absolute Gasteiger partial charge is 0.454 e. The Kier molecular flexibility index (Phi) is 4.20. The highest BCUT2D eigenvalue weighted by molar-refractivity contribution is 6.04. The van der Waals surface area contributed by atoms with Gasteiger partial charge in [0.1, 0.15) is 5.82 Å². The van der Waals surface area contributed by atoms with E-state index < -0.39 is 5.54 Å². The lowest BCUT2D eigenvalue weighted by atomic mass is 10.0. The van der Waals surface area contributed by atoms with Crippen molar-refractivity contribution < 1.29 is 19.1 Å². The summed E-state index contributed by atoms with van der Waals surface area (Å²) in [5.74, 6) is 1.66. The molecule has 5 rings (SSSR count). The van der Waals surface area contributed by atoms with Crippen LogP contribution in [0.3, 0.4) is 0 Å². The number of nitrogens with zero attached hydrogens (tertiary/aromatic N) is 3. The summed E-state index contributed by atoms with van der Waals surface area (Å²) in [6, 6.07) is 7.00. The van der Waals surface area contributed by atoms with Crippen LogP contribution in [0.2, 0.25) is 0 Å². The molecule has 0 spiro atoms. The number of hydrogen-bond acceptors (Lipinski definition) is 6. The second-order valence-electron chi connectivity index (χ2n) is 7.86. The number of fused-ring (bicyclic) bond motifs is 1. The Morgan fingerprint density at radius 1 is 1.14 bits per heavy atom. The molecule has 152 valence electrons. The molecular formula is C20H23N5O4. The van der Waals surface area contributed by atoms with Crippen molar-refractivity contribution >= 4 is 17.6 Å². The molecule has 1 saturated heterocycles. The summed E-state index contributed by atoms with van der Waals surface area (Å²) >= 11 is 0. The molecule has 0 radical (unpaired) electrons. The van der Waals surface area contributed by atoms with E-state index >= 15 is 0 Å². The number of piperidine rings is 1. The molecule has 0 unspecified atom stereocenters. The number of benzene rings is 1. The van der Waals surface area contributed by atoms with Gasteiger partial charge in [-0.15, -0.1) is 0 Å². The van der Waals surface area contributed by atoms with Gasteiger partial charge >= 0.3 is 0 Å². The summed E-state index contributed by atoms with van der Waals surface area (Å²) in [4.78, 5) is 27.0. The Balaban J connectivity index is 1.24. The third-order valence-electron chi connectivity index (χ3n) is 5.86. The number of carbonyl (C=O) groups excluding carboxylic acids is 2. The molecule has 0 atom stereocenters. The van der Waals surface area contributed by atoms with E-state index in [1.54, 1.807) is 30.5 Å². The van der Waals surface area contributed by atoms with E-state index in [1.165, 1.54) is 0 Å². The highest BCUT2D eigenvalue weighted by Gasteiger charge is 2.48. The van der Waals surface area contributed by atoms with Gasteiger partial charge in [-0.05, 0) is 43.9 Å². The first-order valence-corrected chi connectivity index (χ1v) is 9.86. The molecule has 2 amide bonds. The lowest BCUT2D eigenvalue weighted by molar-refractivity contribution is -0.134. The Morgan fingerprint density at radius 2 is 1.90 bits per heavy atom. The number of nitrogens with one attached hydrogen (secondary N) is 1. The summed E-state index contributed by atoms with van der Waals surface area (Å²) < 4.78 is 12.5. The van der Waals surface area contributed by atoms with Crippen molar-refractivity contribution in [3.8, 4) is 11.5 Å². The fourth-order valence-corrected chi connectivity index (χ4v) is 3.91. The molecule has 3 heterocycles. The minimum Gasteiger partial charge on any atom is -0.454 e. The maximum atomic E-state index is 12.7. The minimum atomic E-state index is -0.623. The van der Waals surface area contributed by atoms with Gasteiger partial charge in [-0.25, -0.2) is 4.68 Å². The number of rotatable bonds is 4. The normalized spacial score (nSPS) is 19.8. The molecule has 2 fully saturated rings. The first-order chi connectivity index (χ1) is 14.0. The highest BCUT2D eigenvalue weighted by Crippen LogP contribution is 2.36. The van der Waals surface area contributed by atoms with E-state index in [0.717, 1.165) is 25.7 Å². The lowest BCUT2D eigenvalue weighted by Crippen LogP contribution is -2.49. The molecule has 2 aromatic rings. The zero-order chi connectivity index (χ0) is 20.0. The van der Waals surface area contributed by atoms with Crippen LogP contribution in [0, 0.1) is 0 Å². The van der Waals surface area contributed by atoms with Crippen molar-refractivity contribution in [2.45, 2.75) is 37.3 Å². The van der Waals surface area contributed by atoms with Crippen LogP contribution in [0.15, 0.2) is 30.5 Å². The predicted molar refractivity (Wildman–Crippen MR) is 104 cm³/mol. The van der Waals surface area contributed by atoms with Crippen LogP contribution in [0.5, 0.6) is 11.5 Å². The van der Waals surface area contributed by atoms with Crippen LogP contribution in [-0.2, 0) is 4.79 Å². The molecule has 1 saturated carbocycles. The monoisotopic (exact) mass is 397 g/mol. The molecule has 0 bridgehead atoms. The SMILES string of the molecule is NC1(C(=O)N2CCC(n3nccc3NC(=O)c3ccc4c(c3)OCO4)CC2)CC1. The average Bonchev–Trinajstić information content (AvgIpc) is 3.14. The van der Waals surface area contributed by atoms with E-state index in [9.17, 15) is 9.59 Å². The Bertz CT molecular complexity index is 960. The molecule has 9 nitrogen and oxygen atoms in total. The first kappa shape index (κ1) is 18.0. The predicted octanol–water partition coefficient (Wildman–Crippen LogP) is 1.52. The second kappa shape index (κ2) is 6.77. The maximum absolute atomic E-state index is 12.7. The Hall–Kier alpha value is -3.07. The molecule has 3 N–H and O–H groups in total. The molecule has 1 aliphatic carbocycles. The summed E-state index contributed by atoms with van der Waals surface area (Å²) in [5, 5.41) is 7.33. The van der Waals surface area contributed by atoms with Crippen molar-refractivity contribution in [3.05, 3.63) is 36.0 Å². The van der Waals surface area contributed by atoms with Gasteiger partial charge in [0.2, 0.25) is 12.7 Å². The average molecular weight is 397 g/mol. The number of anilines is 1. The van der Waals surface area contributed by atoms with E-state index in [0.29, 0.717) is 36.0 Å². The number of nitrogens with two attached hydrogens (primary N) is 1. The van der Waals surface area contributed by atoms with Crippen LogP contribution in [0.1, 0.15) is 42.1 Å². The highest BCUT2D eigenvalue weighted by atomic mass is 16.7. The number of hydrogen-bond donors (Lipinski definition) is 2. The van der Waals surface area contributed by atoms with Crippen molar-refractivity contribution in [1.82, 2.24) is 14.7 Å². The third kappa shape index (κ3) is 3.31. The molecule has 3 aliphatic rings. The van der Waals surface area contributed by atoms with Gasteiger partial charge in [0.05, 0.1) is 17.8 Å². The summed E-state index contributed by atoms with van der Waals surface area (Å²) in [6.45, 7) is 1.47. The smallest absolute Gasteiger partial charge is 0.256 e. The van der Waals surface area contributed by atoms with Crippen LogP contribution in [-0.4, -0.2) is 51.9 Å². The van der Waals surface area contributed by atoms with Gasteiger partial charge in [0.25, 0.3) is 5.91 Å². The van der Waals surface area contributed by atoms with Gasteiger partial charge < -0.3 is 25.4 Å². The summed E-state index contributed by atoms with van der Waals surface area (Å²) in [5.41, 5.74) is 5.91. The van der Waals surface area contributed by atoms with E-state index in [4.69, 9.17) is 15.2 Å². The topological polar surface area (TPSA) is 112 Å². The van der Waals surface area contributed by atoms with Crippen molar-refractivity contribution in [2.75, 3.05) is 25.2 Å². The second-order valence-corrected chi connectivity index (χ2v) is 7.86. The number of carbonyl (C=O) groups is 2. The summed E-state index contributed by atoms with van der Waals surface area (Å²) in [6.07, 6.45) is 4.78. The minimum absolute atomic E-state index is 0.0627. The van der Waals surface area contributed by atoms with E-state index in [2.05, 4.69) is 10.4 Å². The number of amides is 2. The van der Waals surface area contributed by atoms with Crippen LogP contribution in [0.4, 0.5) is 5.82 Å². The molecule has 1 aromatic heterocycles. The molecular weight excluding hydrogens is 374 g/mol. The Morgan fingerprint density at radius 3 is 2.66 bits per heavy atom. The van der Waals surface area contributed by atoms with Gasteiger partial charge in [0, 0.05) is 24.7 Å². The molecule has 9 heteroatoms. The van der Waals surface area contributed by atoms with E-state index in [1.807, 2.05) is 9.58 Å². The van der Waals surface area contributed by atoms with Crippen LogP contribution < -0.4 is 20.5 Å². The fraction of sp³-hybridized carbons (Fsp3) is 0.450. The van der Waals surface area contributed by atoms with Gasteiger partial charge in [-0.2, -0.15) is 5.10 Å². The van der Waals surface area contributed by atoms with Crippen LogP contribution in [0.25, 0.3) is 0 Å². The molecule has 29 heavy (non-hydrogen) atoms. The third-order valence-corrected chi connectivity index (χ3v) is 5.86. The number of likely N-dealkylation sites (tertiary alicyclic amines) is 1. The van der Waals surface area contributed by atoms with Crippen molar-refractivity contribution in [3.63, 3.8) is 0 Å². The van der Waals surface area contributed by atoms with Crippen molar-refractivity contribution in [1.29, 1.82) is 0 Å². The van der Waals surface area contributed by atoms with Crippen LogP contribution >= 0.6 is 0 Å². The number of aromatic nitrogens is 2. The molecule has 1 aromatic carbocycles. The zero-order valence-corrected chi connectivity index (χ0v) is 16.0. The lowest BCUT2D eigenvalue weighted by Gasteiger charge is -2.34. The van der Waals surface area contributed by atoms with Crippen molar-refractivity contribution in [2.24, 2.45) is 5.73 Å². The quantitative estimate of drug-likeness (QED) is 0.809. The van der Waals surface area contributed by atoms with Gasteiger partial charge in [-0.1, -0.05) is 0 Å². The summed E-state index contributed by atoms with van der Waals surface area (Å²) in [7, 11) is 0. The Labute approximate surface area is 167 Å². The zero-order valence-electron chi connectivity index (χ0n) is 16.0. The van der Waals surface area contributed by atoms with Gasteiger partial charge in [-0.3, -0.25) is 9.59 Å². The maximum Gasteiger partial charge on any atom is 0.256 e. The number of ether oxygens (including phenoxy) is 2. The van der Waals surface area contributed by atoms with Gasteiger partial charge in [0.15, 0.2) is 11.5 Å². The van der Waals surface area contributed by atoms with E-state index in [-0.39, 0.29) is 24.6 Å². The fourth-order valence-electron chi connectivity index (χ4n) is 3.91. The first-order valence-electron chi connectivity index (χ1n) is 9.86.